The van der Waals surface area contributed by atoms with Gasteiger partial charge in [0.15, 0.2) is 0 Å². The highest BCUT2D eigenvalue weighted by Crippen LogP contribution is 2.16. The molecule has 0 radical (unpaired) electrons. The normalized spacial score (nSPS) is 9.90. The standard InChI is InChI=1S/C14H14N2O3S/c1-19-13-7-8-14(18)16(15-13)10-12-6-5-11(20-12)4-2-3-9-17/h5-8,17H,3,9-10H2,1H3. The summed E-state index contributed by atoms with van der Waals surface area (Å²) in [5, 5.41) is 12.8. The van der Waals surface area contributed by atoms with Gasteiger partial charge in [-0.3, -0.25) is 4.79 Å². The number of aliphatic hydroxyl groups excluding tert-OH is 1. The van der Waals surface area contributed by atoms with Crippen LogP contribution in [0.4, 0.5) is 0 Å². The summed E-state index contributed by atoms with van der Waals surface area (Å²) < 4.78 is 6.36. The molecule has 0 aliphatic rings. The van der Waals surface area contributed by atoms with E-state index >= 15 is 0 Å². The third kappa shape index (κ3) is 3.70. The second kappa shape index (κ2) is 6.89. The highest BCUT2D eigenvalue weighted by Gasteiger charge is 2.04. The molecule has 0 saturated heterocycles. The van der Waals surface area contributed by atoms with Crippen molar-refractivity contribution in [1.82, 2.24) is 9.78 Å². The van der Waals surface area contributed by atoms with E-state index in [1.165, 1.54) is 29.2 Å². The first-order valence-electron chi connectivity index (χ1n) is 6.03. The second-order valence-corrected chi connectivity index (χ2v) is 5.08. The van der Waals surface area contributed by atoms with Crippen LogP contribution in [-0.2, 0) is 6.54 Å². The fourth-order valence-electron chi connectivity index (χ4n) is 1.54. The Morgan fingerprint density at radius 1 is 1.40 bits per heavy atom. The number of hydrogen-bond donors (Lipinski definition) is 1. The summed E-state index contributed by atoms with van der Waals surface area (Å²) >= 11 is 1.50. The number of hydrogen-bond acceptors (Lipinski definition) is 5. The average Bonchev–Trinajstić information content (AvgIpc) is 2.89. The molecule has 20 heavy (non-hydrogen) atoms. The molecule has 0 saturated carbocycles. The van der Waals surface area contributed by atoms with Gasteiger partial charge < -0.3 is 9.84 Å². The molecule has 2 aromatic heterocycles. The van der Waals surface area contributed by atoms with Gasteiger partial charge in [-0.05, 0) is 12.1 Å². The Kier molecular flexibility index (Phi) is 4.93. The molecule has 6 heteroatoms. The third-order valence-corrected chi connectivity index (χ3v) is 3.45. The molecule has 0 unspecified atom stereocenters. The van der Waals surface area contributed by atoms with Gasteiger partial charge in [-0.15, -0.1) is 16.4 Å². The number of nitrogens with zero attached hydrogens (tertiary/aromatic N) is 2. The maximum atomic E-state index is 11.7. The van der Waals surface area contributed by atoms with E-state index in [-0.39, 0.29) is 12.2 Å². The van der Waals surface area contributed by atoms with Crippen LogP contribution in [0.25, 0.3) is 0 Å². The van der Waals surface area contributed by atoms with Gasteiger partial charge in [0.2, 0.25) is 5.88 Å². The number of rotatable bonds is 4. The summed E-state index contributed by atoms with van der Waals surface area (Å²) in [6, 6.07) is 6.79. The molecule has 0 atom stereocenters. The Balaban J connectivity index is 2.15. The first kappa shape index (κ1) is 14.3. The van der Waals surface area contributed by atoms with E-state index in [4.69, 9.17) is 9.84 Å². The minimum Gasteiger partial charge on any atom is -0.480 e. The minimum atomic E-state index is -0.174. The molecule has 0 aliphatic heterocycles. The van der Waals surface area contributed by atoms with Gasteiger partial charge in [0, 0.05) is 23.4 Å². The van der Waals surface area contributed by atoms with Crippen molar-refractivity contribution in [2.24, 2.45) is 0 Å². The van der Waals surface area contributed by atoms with Crippen molar-refractivity contribution in [1.29, 1.82) is 0 Å². The van der Waals surface area contributed by atoms with E-state index in [9.17, 15) is 4.79 Å². The van der Waals surface area contributed by atoms with Gasteiger partial charge >= 0.3 is 0 Å². The second-order valence-electron chi connectivity index (χ2n) is 3.91. The smallest absolute Gasteiger partial charge is 0.267 e. The average molecular weight is 290 g/mol. The molecule has 104 valence electrons. The molecular weight excluding hydrogens is 276 g/mol. The van der Waals surface area contributed by atoms with E-state index in [2.05, 4.69) is 16.9 Å². The summed E-state index contributed by atoms with van der Waals surface area (Å²) in [5.41, 5.74) is -0.174. The van der Waals surface area contributed by atoms with E-state index < -0.39 is 0 Å². The first-order chi connectivity index (χ1) is 9.72. The van der Waals surface area contributed by atoms with Crippen molar-refractivity contribution < 1.29 is 9.84 Å². The Bertz CT molecular complexity index is 694. The lowest BCUT2D eigenvalue weighted by Crippen LogP contribution is -2.22. The maximum Gasteiger partial charge on any atom is 0.267 e. The van der Waals surface area contributed by atoms with Gasteiger partial charge in [-0.1, -0.05) is 11.8 Å². The van der Waals surface area contributed by atoms with Crippen LogP contribution >= 0.6 is 11.3 Å². The molecule has 0 aromatic carbocycles. The molecule has 5 nitrogen and oxygen atoms in total. The van der Waals surface area contributed by atoms with Crippen LogP contribution in [0.2, 0.25) is 0 Å². The maximum absolute atomic E-state index is 11.7. The predicted octanol–water partition coefficient (Wildman–Crippen LogP) is 1.10. The van der Waals surface area contributed by atoms with Crippen LogP contribution in [0.15, 0.2) is 29.1 Å². The lowest BCUT2D eigenvalue weighted by Gasteiger charge is -2.04. The number of thiophene rings is 1. The zero-order valence-electron chi connectivity index (χ0n) is 11.0. The molecule has 0 bridgehead atoms. The Labute approximate surface area is 120 Å². The quantitative estimate of drug-likeness (QED) is 0.856. The van der Waals surface area contributed by atoms with Crippen LogP contribution in [-0.4, -0.2) is 28.6 Å². The fraction of sp³-hybridized carbons (Fsp3) is 0.286. The lowest BCUT2D eigenvalue weighted by atomic mass is 10.4. The molecule has 2 rings (SSSR count). The monoisotopic (exact) mass is 290 g/mol. The van der Waals surface area contributed by atoms with Gasteiger partial charge in [0.25, 0.3) is 5.56 Å². The Hall–Kier alpha value is -2.10. The Morgan fingerprint density at radius 2 is 2.25 bits per heavy atom. The zero-order chi connectivity index (χ0) is 14.4. The summed E-state index contributed by atoms with van der Waals surface area (Å²) in [6.07, 6.45) is 0.462. The van der Waals surface area contributed by atoms with Crippen molar-refractivity contribution >= 4 is 11.3 Å². The molecule has 1 N–H and O–H groups in total. The molecule has 0 fully saturated rings. The molecular formula is C14H14N2O3S. The van der Waals surface area contributed by atoms with Crippen LogP contribution in [0.5, 0.6) is 5.88 Å². The lowest BCUT2D eigenvalue weighted by molar-refractivity contribution is 0.305. The van der Waals surface area contributed by atoms with Crippen molar-refractivity contribution in [2.45, 2.75) is 13.0 Å². The number of methoxy groups -OCH3 is 1. The minimum absolute atomic E-state index is 0.0638. The first-order valence-corrected chi connectivity index (χ1v) is 6.85. The zero-order valence-corrected chi connectivity index (χ0v) is 11.8. The predicted molar refractivity (Wildman–Crippen MR) is 77.1 cm³/mol. The van der Waals surface area contributed by atoms with E-state index in [1.54, 1.807) is 6.07 Å². The third-order valence-electron chi connectivity index (χ3n) is 2.47. The summed E-state index contributed by atoms with van der Waals surface area (Å²) in [5.74, 6) is 6.24. The van der Waals surface area contributed by atoms with Crippen LogP contribution in [0, 0.1) is 11.8 Å². The number of aromatic nitrogens is 2. The molecule has 0 amide bonds. The number of aliphatic hydroxyl groups is 1. The largest absolute Gasteiger partial charge is 0.480 e. The van der Waals surface area contributed by atoms with Gasteiger partial charge in [-0.25, -0.2) is 4.68 Å². The topological polar surface area (TPSA) is 64.3 Å². The Morgan fingerprint density at radius 3 is 3.00 bits per heavy atom. The van der Waals surface area contributed by atoms with Crippen molar-refractivity contribution in [2.75, 3.05) is 13.7 Å². The molecule has 0 aliphatic carbocycles. The van der Waals surface area contributed by atoms with Gasteiger partial charge in [-0.2, -0.15) is 0 Å². The van der Waals surface area contributed by atoms with Crippen molar-refractivity contribution in [3.05, 3.63) is 44.4 Å². The molecule has 0 spiro atoms. The van der Waals surface area contributed by atoms with Crippen LogP contribution < -0.4 is 10.3 Å². The van der Waals surface area contributed by atoms with Crippen molar-refractivity contribution in [3.8, 4) is 17.7 Å². The highest BCUT2D eigenvalue weighted by molar-refractivity contribution is 7.12. The van der Waals surface area contributed by atoms with E-state index in [0.29, 0.717) is 18.8 Å². The number of ether oxygens (including phenoxy) is 1. The SMILES string of the molecule is COc1ccc(=O)n(Cc2ccc(C#CCCO)s2)n1. The summed E-state index contributed by atoms with van der Waals surface area (Å²) in [7, 11) is 1.51. The van der Waals surface area contributed by atoms with Gasteiger partial charge in [0.1, 0.15) is 0 Å². The molecule has 2 aromatic rings. The summed E-state index contributed by atoms with van der Waals surface area (Å²) in [4.78, 5) is 13.6. The van der Waals surface area contributed by atoms with Gasteiger partial charge in [0.05, 0.1) is 25.1 Å². The fourth-order valence-corrected chi connectivity index (χ4v) is 2.40. The van der Waals surface area contributed by atoms with E-state index in [0.717, 1.165) is 9.75 Å². The van der Waals surface area contributed by atoms with Crippen molar-refractivity contribution in [3.63, 3.8) is 0 Å². The highest BCUT2D eigenvalue weighted by atomic mass is 32.1. The van der Waals surface area contributed by atoms with E-state index in [1.807, 2.05) is 12.1 Å². The van der Waals surface area contributed by atoms with Crippen LogP contribution in [0.3, 0.4) is 0 Å². The molecule has 2 heterocycles. The summed E-state index contributed by atoms with van der Waals surface area (Å²) in [6.45, 7) is 0.455. The van der Waals surface area contributed by atoms with Crippen LogP contribution in [0.1, 0.15) is 16.2 Å².